The summed E-state index contributed by atoms with van der Waals surface area (Å²) in [5.41, 5.74) is 1.55. The van der Waals surface area contributed by atoms with Crippen molar-refractivity contribution in [3.8, 4) is 0 Å². The summed E-state index contributed by atoms with van der Waals surface area (Å²) in [6, 6.07) is -0.237. The lowest BCUT2D eigenvalue weighted by molar-refractivity contribution is 0.597. The molecule has 0 aliphatic rings. The lowest BCUT2D eigenvalue weighted by atomic mass is 10.4. The molecule has 1 N–H and O–H groups in total. The number of nitrogens with zero attached hydrogens (tertiary/aromatic N) is 3. The van der Waals surface area contributed by atoms with Crippen LogP contribution in [0.1, 0.15) is 18.3 Å². The van der Waals surface area contributed by atoms with Crippen molar-refractivity contribution in [1.29, 1.82) is 0 Å². The maximum absolute atomic E-state index is 11.1. The van der Waals surface area contributed by atoms with Gasteiger partial charge in [0, 0.05) is 12.3 Å². The highest BCUT2D eigenvalue weighted by Crippen LogP contribution is 2.04. The van der Waals surface area contributed by atoms with Crippen molar-refractivity contribution in [1.82, 2.24) is 15.2 Å². The number of sulfone groups is 1. The van der Waals surface area contributed by atoms with E-state index in [4.69, 9.17) is 0 Å². The van der Waals surface area contributed by atoms with Crippen LogP contribution in [0.2, 0.25) is 0 Å². The molecule has 1 atom stereocenters. The molecule has 0 bridgehead atoms. The van der Waals surface area contributed by atoms with Gasteiger partial charge < -0.3 is 5.32 Å². The summed E-state index contributed by atoms with van der Waals surface area (Å²) < 4.78 is 22.1. The zero-order valence-electron chi connectivity index (χ0n) is 9.85. The Bertz CT molecular complexity index is 472. The van der Waals surface area contributed by atoms with Crippen molar-refractivity contribution in [2.45, 2.75) is 26.8 Å². The molecule has 1 unspecified atom stereocenters. The molecule has 1 aromatic rings. The molecule has 0 aliphatic carbocycles. The smallest absolute Gasteiger partial charge is 0.243 e. The predicted octanol–water partition coefficient (Wildman–Crippen LogP) is 0.333. The first-order valence-electron chi connectivity index (χ1n) is 4.90. The third kappa shape index (κ3) is 4.09. The summed E-state index contributed by atoms with van der Waals surface area (Å²) >= 11 is 0. The summed E-state index contributed by atoms with van der Waals surface area (Å²) in [5.74, 6) is 0.405. The lowest BCUT2D eigenvalue weighted by Crippen LogP contribution is -2.26. The number of nitrogens with one attached hydrogen (secondary N) is 1. The van der Waals surface area contributed by atoms with Gasteiger partial charge in [-0.1, -0.05) is 0 Å². The van der Waals surface area contributed by atoms with E-state index in [0.717, 1.165) is 11.4 Å². The van der Waals surface area contributed by atoms with Gasteiger partial charge in [-0.15, -0.1) is 5.10 Å². The van der Waals surface area contributed by atoms with E-state index in [1.807, 2.05) is 13.8 Å². The second kappa shape index (κ2) is 4.73. The predicted molar refractivity (Wildman–Crippen MR) is 62.1 cm³/mol. The first-order chi connectivity index (χ1) is 7.28. The van der Waals surface area contributed by atoms with Gasteiger partial charge in [0.05, 0.1) is 17.1 Å². The Morgan fingerprint density at radius 2 is 1.88 bits per heavy atom. The molecule has 7 heteroatoms. The standard InChI is InChI=1S/C9H16N4O2S/c1-6(5-16(4,14)15)10-9-11-7(2)8(3)12-13-9/h6H,5H2,1-4H3,(H,10,11,13). The second-order valence-electron chi connectivity index (χ2n) is 3.94. The van der Waals surface area contributed by atoms with Gasteiger partial charge in [-0.25, -0.2) is 13.4 Å². The van der Waals surface area contributed by atoms with E-state index in [2.05, 4.69) is 20.5 Å². The van der Waals surface area contributed by atoms with Crippen LogP contribution < -0.4 is 5.32 Å². The first-order valence-corrected chi connectivity index (χ1v) is 6.96. The number of hydrogen-bond donors (Lipinski definition) is 1. The molecular weight excluding hydrogens is 228 g/mol. The molecule has 0 aliphatic heterocycles. The Balaban J connectivity index is 2.70. The normalized spacial score (nSPS) is 13.5. The van der Waals surface area contributed by atoms with Crippen LogP contribution in [0.25, 0.3) is 0 Å². The van der Waals surface area contributed by atoms with Crippen LogP contribution in [-0.2, 0) is 9.84 Å². The average molecular weight is 244 g/mol. The maximum Gasteiger partial charge on any atom is 0.243 e. The van der Waals surface area contributed by atoms with Crippen LogP contribution in [0.15, 0.2) is 0 Å². The van der Waals surface area contributed by atoms with E-state index in [9.17, 15) is 8.42 Å². The van der Waals surface area contributed by atoms with Gasteiger partial charge in [0.2, 0.25) is 5.95 Å². The van der Waals surface area contributed by atoms with Crippen molar-refractivity contribution in [3.05, 3.63) is 11.4 Å². The SMILES string of the molecule is Cc1nnc(NC(C)CS(C)(=O)=O)nc1C. The van der Waals surface area contributed by atoms with Crippen LogP contribution in [0.3, 0.4) is 0 Å². The highest BCUT2D eigenvalue weighted by molar-refractivity contribution is 7.90. The van der Waals surface area contributed by atoms with Crippen LogP contribution in [-0.4, -0.2) is 41.6 Å². The largest absolute Gasteiger partial charge is 0.349 e. The minimum Gasteiger partial charge on any atom is -0.349 e. The van der Waals surface area contributed by atoms with Gasteiger partial charge in [-0.3, -0.25) is 0 Å². The van der Waals surface area contributed by atoms with E-state index >= 15 is 0 Å². The molecule has 1 heterocycles. The number of anilines is 1. The molecule has 0 saturated carbocycles. The lowest BCUT2D eigenvalue weighted by Gasteiger charge is -2.12. The fourth-order valence-electron chi connectivity index (χ4n) is 1.23. The maximum atomic E-state index is 11.1. The third-order valence-corrected chi connectivity index (χ3v) is 3.13. The van der Waals surface area contributed by atoms with E-state index in [1.165, 1.54) is 6.26 Å². The summed E-state index contributed by atoms with van der Waals surface area (Å²) in [6.07, 6.45) is 1.20. The molecular formula is C9H16N4O2S. The highest BCUT2D eigenvalue weighted by Gasteiger charge is 2.11. The Hall–Kier alpha value is -1.24. The van der Waals surface area contributed by atoms with Crippen molar-refractivity contribution < 1.29 is 8.42 Å². The average Bonchev–Trinajstić information content (AvgIpc) is 2.08. The van der Waals surface area contributed by atoms with Crippen molar-refractivity contribution in [3.63, 3.8) is 0 Å². The van der Waals surface area contributed by atoms with Gasteiger partial charge in [-0.2, -0.15) is 5.10 Å². The van der Waals surface area contributed by atoms with E-state index in [0.29, 0.717) is 5.95 Å². The second-order valence-corrected chi connectivity index (χ2v) is 6.13. The number of hydrogen-bond acceptors (Lipinski definition) is 6. The van der Waals surface area contributed by atoms with Crippen LogP contribution in [0.5, 0.6) is 0 Å². The first kappa shape index (κ1) is 12.8. The zero-order valence-corrected chi connectivity index (χ0v) is 10.7. The van der Waals surface area contributed by atoms with Gasteiger partial charge >= 0.3 is 0 Å². The molecule has 16 heavy (non-hydrogen) atoms. The molecule has 0 fully saturated rings. The van der Waals surface area contributed by atoms with E-state index in [-0.39, 0.29) is 11.8 Å². The quantitative estimate of drug-likeness (QED) is 0.821. The molecule has 0 radical (unpaired) electrons. The Morgan fingerprint density at radius 3 is 2.38 bits per heavy atom. The minimum absolute atomic E-state index is 0.0449. The molecule has 90 valence electrons. The topological polar surface area (TPSA) is 84.8 Å². The highest BCUT2D eigenvalue weighted by atomic mass is 32.2. The molecule has 1 aromatic heterocycles. The molecule has 0 amide bonds. The van der Waals surface area contributed by atoms with Crippen molar-refractivity contribution in [2.24, 2.45) is 0 Å². The van der Waals surface area contributed by atoms with Crippen LogP contribution in [0.4, 0.5) is 5.95 Å². The minimum atomic E-state index is -3.00. The fourth-order valence-corrected chi connectivity index (χ4v) is 2.23. The Kier molecular flexibility index (Phi) is 3.79. The van der Waals surface area contributed by atoms with Gasteiger partial charge in [-0.05, 0) is 20.8 Å². The zero-order chi connectivity index (χ0) is 12.3. The Morgan fingerprint density at radius 1 is 1.25 bits per heavy atom. The summed E-state index contributed by atoms with van der Waals surface area (Å²) in [6.45, 7) is 5.41. The molecule has 1 rings (SSSR count). The van der Waals surface area contributed by atoms with E-state index in [1.54, 1.807) is 6.92 Å². The third-order valence-electron chi connectivity index (χ3n) is 2.02. The molecule has 6 nitrogen and oxygen atoms in total. The van der Waals surface area contributed by atoms with Gasteiger partial charge in [0.15, 0.2) is 0 Å². The molecule has 0 aromatic carbocycles. The Labute approximate surface area is 95.4 Å². The number of aryl methyl sites for hydroxylation is 2. The molecule has 0 saturated heterocycles. The van der Waals surface area contributed by atoms with E-state index < -0.39 is 9.84 Å². The molecule has 0 spiro atoms. The summed E-state index contributed by atoms with van der Waals surface area (Å²) in [4.78, 5) is 4.16. The number of rotatable bonds is 4. The van der Waals surface area contributed by atoms with Gasteiger partial charge in [0.1, 0.15) is 9.84 Å². The van der Waals surface area contributed by atoms with Crippen LogP contribution in [0, 0.1) is 13.8 Å². The fraction of sp³-hybridized carbons (Fsp3) is 0.667. The summed E-state index contributed by atoms with van der Waals surface area (Å²) in [5, 5.41) is 10.6. The number of aromatic nitrogens is 3. The van der Waals surface area contributed by atoms with Gasteiger partial charge in [0.25, 0.3) is 0 Å². The van der Waals surface area contributed by atoms with Crippen LogP contribution >= 0.6 is 0 Å². The van der Waals surface area contributed by atoms with Crippen molar-refractivity contribution >= 4 is 15.8 Å². The monoisotopic (exact) mass is 244 g/mol. The summed E-state index contributed by atoms with van der Waals surface area (Å²) in [7, 11) is -3.00. The van der Waals surface area contributed by atoms with Crippen molar-refractivity contribution in [2.75, 3.05) is 17.3 Å².